The van der Waals surface area contributed by atoms with Crippen molar-refractivity contribution in [3.8, 4) is 10.6 Å². The molecule has 0 saturated carbocycles. The minimum absolute atomic E-state index is 0. The Labute approximate surface area is 213 Å². The van der Waals surface area contributed by atoms with Crippen LogP contribution in [0.15, 0.2) is 78.4 Å². The van der Waals surface area contributed by atoms with Crippen LogP contribution in [0.1, 0.15) is 41.5 Å². The molecule has 172 valence electrons. The van der Waals surface area contributed by atoms with Crippen LogP contribution in [0.4, 0.5) is 0 Å². The maximum Gasteiger partial charge on any atom is 0.123 e. The van der Waals surface area contributed by atoms with E-state index >= 15 is 0 Å². The summed E-state index contributed by atoms with van der Waals surface area (Å²) >= 11 is 1.67. The highest BCUT2D eigenvalue weighted by Gasteiger charge is 2.28. The van der Waals surface area contributed by atoms with Crippen molar-refractivity contribution in [1.82, 2.24) is 24.8 Å². The number of aromatic amines is 1. The van der Waals surface area contributed by atoms with E-state index in [9.17, 15) is 0 Å². The molecule has 0 radical (unpaired) electrons. The molecule has 0 spiro atoms. The van der Waals surface area contributed by atoms with E-state index in [1.165, 1.54) is 28.8 Å². The molecule has 5 nitrogen and oxygen atoms in total. The summed E-state index contributed by atoms with van der Waals surface area (Å²) in [6.07, 6.45) is 7.20. The highest BCUT2D eigenvalue weighted by Crippen LogP contribution is 2.35. The molecule has 1 unspecified atom stereocenters. The SMILES string of the molecule is Br.c1cnc2c(c1)CCCC2N(Cc1ccc(-c2nccs2)cc1)Cc1nc2ccccc2[nH]1. The minimum Gasteiger partial charge on any atom is -0.341 e. The molecule has 1 aliphatic rings. The molecule has 0 aliphatic heterocycles. The normalized spacial score (nSPS) is 15.3. The number of hydrogen-bond acceptors (Lipinski definition) is 5. The van der Waals surface area contributed by atoms with Gasteiger partial charge in [-0.1, -0.05) is 42.5 Å². The van der Waals surface area contributed by atoms with E-state index in [0.29, 0.717) is 0 Å². The number of imidazole rings is 1. The summed E-state index contributed by atoms with van der Waals surface area (Å²) in [5, 5.41) is 3.08. The van der Waals surface area contributed by atoms with Gasteiger partial charge in [0.2, 0.25) is 0 Å². The maximum absolute atomic E-state index is 4.87. The Morgan fingerprint density at radius 3 is 2.65 bits per heavy atom. The van der Waals surface area contributed by atoms with Crippen molar-refractivity contribution in [1.29, 1.82) is 0 Å². The van der Waals surface area contributed by atoms with E-state index in [1.807, 2.05) is 29.9 Å². The van der Waals surface area contributed by atoms with E-state index < -0.39 is 0 Å². The second kappa shape index (κ2) is 10.2. The first-order valence-electron chi connectivity index (χ1n) is 11.4. The predicted molar refractivity (Wildman–Crippen MR) is 143 cm³/mol. The third kappa shape index (κ3) is 4.69. The smallest absolute Gasteiger partial charge is 0.123 e. The molecular formula is C27H26BrN5S. The number of hydrogen-bond donors (Lipinski definition) is 1. The van der Waals surface area contributed by atoms with Crippen molar-refractivity contribution in [2.24, 2.45) is 0 Å². The molecule has 1 N–H and O–H groups in total. The highest BCUT2D eigenvalue weighted by atomic mass is 79.9. The van der Waals surface area contributed by atoms with Gasteiger partial charge in [0.15, 0.2) is 0 Å². The third-order valence-corrected chi connectivity index (χ3v) is 7.24. The van der Waals surface area contributed by atoms with Crippen LogP contribution in [0.2, 0.25) is 0 Å². The monoisotopic (exact) mass is 531 g/mol. The van der Waals surface area contributed by atoms with Crippen LogP contribution in [0, 0.1) is 0 Å². The number of aryl methyl sites for hydroxylation is 1. The molecule has 6 rings (SSSR count). The number of rotatable bonds is 6. The third-order valence-electron chi connectivity index (χ3n) is 6.42. The molecule has 3 heterocycles. The van der Waals surface area contributed by atoms with Crippen LogP contribution in [-0.2, 0) is 19.5 Å². The van der Waals surface area contributed by atoms with Gasteiger partial charge in [0, 0.05) is 29.9 Å². The lowest BCUT2D eigenvalue weighted by Gasteiger charge is -2.34. The maximum atomic E-state index is 4.87. The Bertz CT molecular complexity index is 1330. The Hall–Kier alpha value is -2.87. The summed E-state index contributed by atoms with van der Waals surface area (Å²) in [4.78, 5) is 20.2. The minimum atomic E-state index is 0. The Morgan fingerprint density at radius 1 is 0.941 bits per heavy atom. The fourth-order valence-electron chi connectivity index (χ4n) is 4.84. The summed E-state index contributed by atoms with van der Waals surface area (Å²) < 4.78 is 0. The van der Waals surface area contributed by atoms with Crippen LogP contribution < -0.4 is 0 Å². The zero-order valence-electron chi connectivity index (χ0n) is 18.7. The van der Waals surface area contributed by atoms with Gasteiger partial charge in [-0.25, -0.2) is 9.97 Å². The quantitative estimate of drug-likeness (QED) is 0.263. The molecule has 1 atom stereocenters. The number of benzene rings is 2. The molecule has 5 aromatic rings. The van der Waals surface area contributed by atoms with Gasteiger partial charge in [-0.2, -0.15) is 0 Å². The fourth-order valence-corrected chi connectivity index (χ4v) is 5.49. The molecule has 0 saturated heterocycles. The molecule has 1 aliphatic carbocycles. The van der Waals surface area contributed by atoms with Crippen molar-refractivity contribution in [2.75, 3.05) is 0 Å². The first kappa shape index (κ1) is 22.9. The number of nitrogens with zero attached hydrogens (tertiary/aromatic N) is 4. The number of halogens is 1. The van der Waals surface area contributed by atoms with Crippen molar-refractivity contribution in [3.63, 3.8) is 0 Å². The molecule has 2 aromatic carbocycles. The van der Waals surface area contributed by atoms with Gasteiger partial charge in [-0.05, 0) is 48.6 Å². The van der Waals surface area contributed by atoms with E-state index in [4.69, 9.17) is 9.97 Å². The van der Waals surface area contributed by atoms with Crippen molar-refractivity contribution in [2.45, 2.75) is 38.4 Å². The first-order chi connectivity index (χ1) is 16.3. The van der Waals surface area contributed by atoms with Crippen LogP contribution >= 0.6 is 28.3 Å². The Kier molecular flexibility index (Phi) is 6.85. The molecule has 34 heavy (non-hydrogen) atoms. The average Bonchev–Trinajstić information content (AvgIpc) is 3.54. The standard InChI is InChI=1S/C27H25N5S.BrH/c1-2-8-23-22(7-1)30-25(31-23)18-32(24-9-3-5-20-6-4-14-28-26(20)24)17-19-10-12-21(13-11-19)27-29-15-16-33-27;/h1-2,4,6-8,10-16,24H,3,5,9,17-18H2,(H,30,31);1H. The molecule has 3 aromatic heterocycles. The van der Waals surface area contributed by atoms with Gasteiger partial charge in [0.25, 0.3) is 0 Å². The number of nitrogens with one attached hydrogen (secondary N) is 1. The van der Waals surface area contributed by atoms with Crippen LogP contribution in [0.25, 0.3) is 21.6 Å². The second-order valence-electron chi connectivity index (χ2n) is 8.60. The zero-order chi connectivity index (χ0) is 22.0. The number of fused-ring (bicyclic) bond motifs is 2. The molecule has 0 amide bonds. The Morgan fingerprint density at radius 2 is 1.82 bits per heavy atom. The summed E-state index contributed by atoms with van der Waals surface area (Å²) in [5.41, 5.74) is 7.16. The van der Waals surface area contributed by atoms with E-state index in [0.717, 1.165) is 47.8 Å². The number of aromatic nitrogens is 4. The summed E-state index contributed by atoms with van der Waals surface area (Å²) in [5.74, 6) is 0.999. The average molecular weight is 533 g/mol. The van der Waals surface area contributed by atoms with Crippen LogP contribution in [0.3, 0.4) is 0 Å². The summed E-state index contributed by atoms with van der Waals surface area (Å²) in [6.45, 7) is 1.60. The van der Waals surface area contributed by atoms with Gasteiger partial charge < -0.3 is 4.98 Å². The van der Waals surface area contributed by atoms with Crippen molar-refractivity contribution < 1.29 is 0 Å². The largest absolute Gasteiger partial charge is 0.341 e. The highest BCUT2D eigenvalue weighted by molar-refractivity contribution is 8.93. The molecular weight excluding hydrogens is 506 g/mol. The molecule has 0 fully saturated rings. The number of thiazole rings is 1. The summed E-state index contributed by atoms with van der Waals surface area (Å²) in [6, 6.07) is 21.6. The number of para-hydroxylation sites is 2. The number of H-pyrrole nitrogens is 1. The first-order valence-corrected chi connectivity index (χ1v) is 12.3. The van der Waals surface area contributed by atoms with E-state index in [-0.39, 0.29) is 23.0 Å². The lowest BCUT2D eigenvalue weighted by Crippen LogP contribution is -2.31. The van der Waals surface area contributed by atoms with Crippen molar-refractivity contribution >= 4 is 39.4 Å². The van der Waals surface area contributed by atoms with Crippen LogP contribution in [-0.4, -0.2) is 24.8 Å². The lowest BCUT2D eigenvalue weighted by molar-refractivity contribution is 0.153. The van der Waals surface area contributed by atoms with E-state index in [1.54, 1.807) is 11.3 Å². The van der Waals surface area contributed by atoms with E-state index in [2.05, 4.69) is 63.4 Å². The van der Waals surface area contributed by atoms with Crippen LogP contribution in [0.5, 0.6) is 0 Å². The zero-order valence-corrected chi connectivity index (χ0v) is 21.3. The van der Waals surface area contributed by atoms with Gasteiger partial charge in [0.05, 0.1) is 29.3 Å². The van der Waals surface area contributed by atoms with Gasteiger partial charge in [-0.15, -0.1) is 28.3 Å². The molecule has 7 heteroatoms. The second-order valence-corrected chi connectivity index (χ2v) is 9.49. The van der Waals surface area contributed by atoms with Gasteiger partial charge in [0.1, 0.15) is 10.8 Å². The summed E-state index contributed by atoms with van der Waals surface area (Å²) in [7, 11) is 0. The number of pyridine rings is 1. The van der Waals surface area contributed by atoms with Crippen molar-refractivity contribution in [3.05, 3.63) is 101 Å². The predicted octanol–water partition coefficient (Wildman–Crippen LogP) is 6.74. The fraction of sp³-hybridized carbons (Fsp3) is 0.222. The Balaban J connectivity index is 0.00000241. The topological polar surface area (TPSA) is 57.7 Å². The lowest BCUT2D eigenvalue weighted by atomic mass is 9.90. The molecule has 0 bridgehead atoms. The van der Waals surface area contributed by atoms with Gasteiger partial charge in [-0.3, -0.25) is 9.88 Å². The van der Waals surface area contributed by atoms with Gasteiger partial charge >= 0.3 is 0 Å².